The third-order valence-electron chi connectivity index (χ3n) is 3.98. The van der Waals surface area contributed by atoms with E-state index in [9.17, 15) is 5.11 Å². The molecule has 1 heterocycles. The van der Waals surface area contributed by atoms with Gasteiger partial charge in [-0.1, -0.05) is 48.0 Å². The molecule has 1 aliphatic heterocycles. The van der Waals surface area contributed by atoms with E-state index in [1.165, 1.54) is 0 Å². The molecule has 116 valence electrons. The molecule has 1 unspecified atom stereocenters. The van der Waals surface area contributed by atoms with Crippen molar-refractivity contribution < 1.29 is 14.6 Å². The van der Waals surface area contributed by atoms with Crippen molar-refractivity contribution >= 4 is 11.6 Å². The lowest BCUT2D eigenvalue weighted by Gasteiger charge is -2.26. The average molecular weight is 319 g/mol. The van der Waals surface area contributed by atoms with Gasteiger partial charge in [-0.05, 0) is 36.6 Å². The smallest absolute Gasteiger partial charge is 0.183 e. The van der Waals surface area contributed by atoms with Crippen LogP contribution in [0.15, 0.2) is 48.5 Å². The quantitative estimate of drug-likeness (QED) is 0.928. The molecule has 1 fully saturated rings. The maximum atomic E-state index is 10.8. The number of aliphatic hydroxyl groups is 1. The number of hydrogen-bond acceptors (Lipinski definition) is 3. The van der Waals surface area contributed by atoms with Crippen molar-refractivity contribution in [1.29, 1.82) is 0 Å². The minimum atomic E-state index is -1.07. The molecule has 0 amide bonds. The van der Waals surface area contributed by atoms with E-state index in [1.807, 2.05) is 36.4 Å². The van der Waals surface area contributed by atoms with Gasteiger partial charge in [-0.15, -0.1) is 0 Å². The zero-order valence-electron chi connectivity index (χ0n) is 12.5. The van der Waals surface area contributed by atoms with Crippen molar-refractivity contribution in [1.82, 2.24) is 0 Å². The summed E-state index contributed by atoms with van der Waals surface area (Å²) < 4.78 is 11.2. The molecule has 0 saturated carbocycles. The molecule has 4 heteroatoms. The normalized spacial score (nSPS) is 18.9. The van der Waals surface area contributed by atoms with Gasteiger partial charge in [0, 0.05) is 10.6 Å². The maximum Gasteiger partial charge on any atom is 0.183 e. The Morgan fingerprint density at radius 3 is 2.00 bits per heavy atom. The fourth-order valence-corrected chi connectivity index (χ4v) is 2.71. The Labute approximate surface area is 135 Å². The van der Waals surface area contributed by atoms with Gasteiger partial charge in [0.15, 0.2) is 6.29 Å². The lowest BCUT2D eigenvalue weighted by Crippen LogP contribution is -2.23. The van der Waals surface area contributed by atoms with Gasteiger partial charge in [0.25, 0.3) is 0 Å². The van der Waals surface area contributed by atoms with E-state index in [-0.39, 0.29) is 6.29 Å². The summed E-state index contributed by atoms with van der Waals surface area (Å²) in [7, 11) is 0. The summed E-state index contributed by atoms with van der Waals surface area (Å²) in [5, 5.41) is 11.5. The van der Waals surface area contributed by atoms with Crippen LogP contribution in [-0.4, -0.2) is 18.3 Å². The van der Waals surface area contributed by atoms with Crippen molar-refractivity contribution in [2.45, 2.75) is 25.2 Å². The molecule has 2 aromatic carbocycles. The number of halogens is 1. The number of hydrogen-bond donors (Lipinski definition) is 1. The van der Waals surface area contributed by atoms with Crippen LogP contribution in [0.2, 0.25) is 5.02 Å². The molecule has 1 saturated heterocycles. The van der Waals surface area contributed by atoms with Gasteiger partial charge in [0.05, 0.1) is 13.2 Å². The molecular weight excluding hydrogens is 300 g/mol. The molecule has 0 aromatic heterocycles. The highest BCUT2D eigenvalue weighted by molar-refractivity contribution is 6.30. The van der Waals surface area contributed by atoms with Crippen LogP contribution in [0.5, 0.6) is 0 Å². The topological polar surface area (TPSA) is 38.7 Å². The summed E-state index contributed by atoms with van der Waals surface area (Å²) in [5.41, 5.74) is 1.51. The monoisotopic (exact) mass is 318 g/mol. The minimum Gasteiger partial charge on any atom is -0.381 e. The highest BCUT2D eigenvalue weighted by Crippen LogP contribution is 2.31. The highest BCUT2D eigenvalue weighted by atomic mass is 35.5. The van der Waals surface area contributed by atoms with Crippen LogP contribution in [0.3, 0.4) is 0 Å². The summed E-state index contributed by atoms with van der Waals surface area (Å²) in [6, 6.07) is 14.9. The SMILES string of the molecule is CC(O)(c1ccc(Cl)cc1)c1ccc(C2OCCCO2)cc1. The summed E-state index contributed by atoms with van der Waals surface area (Å²) in [6.45, 7) is 3.21. The van der Waals surface area contributed by atoms with Crippen molar-refractivity contribution in [2.24, 2.45) is 0 Å². The Kier molecular flexibility index (Phi) is 4.50. The molecule has 0 spiro atoms. The first kappa shape index (κ1) is 15.5. The minimum absolute atomic E-state index is 0.303. The first-order chi connectivity index (χ1) is 10.6. The molecule has 0 bridgehead atoms. The lowest BCUT2D eigenvalue weighted by molar-refractivity contribution is -0.183. The molecular formula is C18H19ClO3. The second kappa shape index (κ2) is 6.39. The molecule has 3 nitrogen and oxygen atoms in total. The van der Waals surface area contributed by atoms with E-state index in [2.05, 4.69) is 0 Å². The molecule has 3 rings (SSSR count). The zero-order valence-corrected chi connectivity index (χ0v) is 13.2. The fourth-order valence-electron chi connectivity index (χ4n) is 2.59. The Morgan fingerprint density at radius 1 is 0.955 bits per heavy atom. The van der Waals surface area contributed by atoms with Crippen LogP contribution in [0, 0.1) is 0 Å². The number of rotatable bonds is 3. The van der Waals surface area contributed by atoms with Gasteiger partial charge >= 0.3 is 0 Å². The number of benzene rings is 2. The van der Waals surface area contributed by atoms with Gasteiger partial charge in [0.2, 0.25) is 0 Å². The van der Waals surface area contributed by atoms with E-state index in [0.717, 1.165) is 36.3 Å². The Bertz CT molecular complexity index is 614. The summed E-state index contributed by atoms with van der Waals surface area (Å²) in [5.74, 6) is 0. The summed E-state index contributed by atoms with van der Waals surface area (Å²) >= 11 is 5.91. The third kappa shape index (κ3) is 3.18. The largest absolute Gasteiger partial charge is 0.381 e. The Hall–Kier alpha value is -1.39. The zero-order chi connectivity index (χ0) is 15.6. The lowest BCUT2D eigenvalue weighted by atomic mass is 9.88. The van der Waals surface area contributed by atoms with Crippen LogP contribution in [0.25, 0.3) is 0 Å². The second-order valence-electron chi connectivity index (χ2n) is 5.63. The van der Waals surface area contributed by atoms with Crippen LogP contribution < -0.4 is 0 Å². The van der Waals surface area contributed by atoms with E-state index in [4.69, 9.17) is 21.1 Å². The van der Waals surface area contributed by atoms with E-state index >= 15 is 0 Å². The predicted molar refractivity (Wildman–Crippen MR) is 85.8 cm³/mol. The molecule has 1 aliphatic rings. The standard InChI is InChI=1S/C18H19ClO3/c1-18(20,15-7-9-16(19)10-8-15)14-5-3-13(4-6-14)17-21-11-2-12-22-17/h3-10,17,20H,2,11-12H2,1H3. The van der Waals surface area contributed by atoms with Crippen LogP contribution in [-0.2, 0) is 15.1 Å². The molecule has 0 radical (unpaired) electrons. The van der Waals surface area contributed by atoms with Crippen molar-refractivity contribution in [3.8, 4) is 0 Å². The van der Waals surface area contributed by atoms with Crippen molar-refractivity contribution in [3.63, 3.8) is 0 Å². The summed E-state index contributed by atoms with van der Waals surface area (Å²) in [6.07, 6.45) is 0.628. The molecule has 22 heavy (non-hydrogen) atoms. The molecule has 1 atom stereocenters. The van der Waals surface area contributed by atoms with Crippen LogP contribution in [0.4, 0.5) is 0 Å². The average Bonchev–Trinajstić information content (AvgIpc) is 2.56. The van der Waals surface area contributed by atoms with Crippen LogP contribution >= 0.6 is 11.6 Å². The van der Waals surface area contributed by atoms with Gasteiger partial charge < -0.3 is 14.6 Å². The predicted octanol–water partition coefficient (Wildman–Crippen LogP) is 4.03. The highest BCUT2D eigenvalue weighted by Gasteiger charge is 2.26. The van der Waals surface area contributed by atoms with E-state index in [0.29, 0.717) is 5.02 Å². The van der Waals surface area contributed by atoms with Gasteiger partial charge in [-0.2, -0.15) is 0 Å². The number of ether oxygens (including phenoxy) is 2. The van der Waals surface area contributed by atoms with Gasteiger partial charge in [-0.3, -0.25) is 0 Å². The van der Waals surface area contributed by atoms with E-state index < -0.39 is 5.60 Å². The fraction of sp³-hybridized carbons (Fsp3) is 0.333. The molecule has 2 aromatic rings. The van der Waals surface area contributed by atoms with E-state index in [1.54, 1.807) is 19.1 Å². The van der Waals surface area contributed by atoms with Crippen LogP contribution in [0.1, 0.15) is 36.3 Å². The Balaban J connectivity index is 1.83. The Morgan fingerprint density at radius 2 is 1.45 bits per heavy atom. The first-order valence-corrected chi connectivity index (χ1v) is 7.77. The molecule has 1 N–H and O–H groups in total. The van der Waals surface area contributed by atoms with Gasteiger partial charge in [0.1, 0.15) is 5.60 Å². The summed E-state index contributed by atoms with van der Waals surface area (Å²) in [4.78, 5) is 0. The molecule has 0 aliphatic carbocycles. The van der Waals surface area contributed by atoms with Crippen molar-refractivity contribution in [3.05, 3.63) is 70.2 Å². The van der Waals surface area contributed by atoms with Gasteiger partial charge in [-0.25, -0.2) is 0 Å². The third-order valence-corrected chi connectivity index (χ3v) is 4.23. The first-order valence-electron chi connectivity index (χ1n) is 7.39. The second-order valence-corrected chi connectivity index (χ2v) is 6.06. The van der Waals surface area contributed by atoms with Crippen molar-refractivity contribution in [2.75, 3.05) is 13.2 Å². The maximum absolute atomic E-state index is 10.8.